The number of halogens is 1. The van der Waals surface area contributed by atoms with Crippen molar-refractivity contribution in [3.63, 3.8) is 0 Å². The molecule has 3 rings (SSSR count). The predicted molar refractivity (Wildman–Crippen MR) is 78.3 cm³/mol. The second-order valence-corrected chi connectivity index (χ2v) is 8.93. The van der Waals surface area contributed by atoms with Crippen molar-refractivity contribution in [2.45, 2.75) is 5.21 Å². The van der Waals surface area contributed by atoms with Gasteiger partial charge in [0, 0.05) is 0 Å². The molecule has 0 amide bonds. The zero-order valence-corrected chi connectivity index (χ0v) is 12.3. The van der Waals surface area contributed by atoms with Gasteiger partial charge < -0.3 is 0 Å². The van der Waals surface area contributed by atoms with E-state index in [0.29, 0.717) is 0 Å². The third-order valence-electron chi connectivity index (χ3n) is 2.80. The van der Waals surface area contributed by atoms with Crippen LogP contribution in [0.3, 0.4) is 0 Å². The zero-order chi connectivity index (χ0) is 12.4. The number of benzene rings is 2. The van der Waals surface area contributed by atoms with Crippen LogP contribution >= 0.6 is 9.95 Å². The second-order valence-electron chi connectivity index (χ2n) is 4.03. The fourth-order valence-electron chi connectivity index (χ4n) is 1.91. The first-order valence-corrected chi connectivity index (χ1v) is 10.4. The summed E-state index contributed by atoms with van der Waals surface area (Å²) in [5, 5.41) is 5.60. The fourth-order valence-corrected chi connectivity index (χ4v) is 5.68. The Hall–Kier alpha value is -1.24. The van der Waals surface area contributed by atoms with E-state index in [0.717, 1.165) is 16.6 Å². The van der Waals surface area contributed by atoms with Crippen molar-refractivity contribution in [1.29, 1.82) is 0 Å². The van der Waals surface area contributed by atoms with Crippen molar-refractivity contribution in [2.24, 2.45) is 5.10 Å². The maximum atomic E-state index is 6.51. The molecule has 1 aliphatic rings. The summed E-state index contributed by atoms with van der Waals surface area (Å²) in [7, 11) is 6.51. The average Bonchev–Trinajstić information content (AvgIpc) is 2.83. The maximum absolute atomic E-state index is 6.51. The predicted octanol–water partition coefficient (Wildman–Crippen LogP) is 3.64. The topological polar surface area (TPSA) is 15.6 Å². The van der Waals surface area contributed by atoms with Gasteiger partial charge in [-0.1, -0.05) is 0 Å². The Morgan fingerprint density at radius 1 is 0.944 bits per heavy atom. The SMILES string of the molecule is Cl[As]1CC(c2ccccc2)=NN1c1ccccc1. The van der Waals surface area contributed by atoms with Gasteiger partial charge in [-0.3, -0.25) is 0 Å². The Morgan fingerprint density at radius 2 is 1.56 bits per heavy atom. The van der Waals surface area contributed by atoms with E-state index in [2.05, 4.69) is 24.3 Å². The Morgan fingerprint density at radius 3 is 2.22 bits per heavy atom. The first-order valence-electron chi connectivity index (χ1n) is 5.76. The van der Waals surface area contributed by atoms with Crippen LogP contribution in [-0.2, 0) is 0 Å². The Kier molecular flexibility index (Phi) is 3.40. The fraction of sp³-hybridized carbons (Fsp3) is 0.0714. The Balaban J connectivity index is 1.92. The van der Waals surface area contributed by atoms with Crippen LogP contribution in [0.15, 0.2) is 65.8 Å². The van der Waals surface area contributed by atoms with Gasteiger partial charge in [0.05, 0.1) is 0 Å². The van der Waals surface area contributed by atoms with Gasteiger partial charge in [-0.25, -0.2) is 0 Å². The molecule has 0 spiro atoms. The molecule has 0 bridgehead atoms. The van der Waals surface area contributed by atoms with Crippen molar-refractivity contribution in [1.82, 2.24) is 0 Å². The molecule has 2 nitrogen and oxygen atoms in total. The normalized spacial score (nSPS) is 18.8. The van der Waals surface area contributed by atoms with E-state index in [1.165, 1.54) is 5.56 Å². The molecule has 4 heteroatoms. The molecule has 0 saturated heterocycles. The van der Waals surface area contributed by atoms with Crippen molar-refractivity contribution >= 4 is 35.3 Å². The molecule has 0 N–H and O–H groups in total. The van der Waals surface area contributed by atoms with Crippen molar-refractivity contribution in [3.05, 3.63) is 66.2 Å². The third-order valence-corrected chi connectivity index (χ3v) is 6.87. The van der Waals surface area contributed by atoms with Crippen LogP contribution in [0.1, 0.15) is 5.56 Å². The molecular weight excluding hydrogens is 307 g/mol. The molecule has 2 aromatic rings. The number of hydrogen-bond acceptors (Lipinski definition) is 2. The van der Waals surface area contributed by atoms with Gasteiger partial charge in [0.15, 0.2) is 0 Å². The molecular formula is C14H12AsClN2. The first-order chi connectivity index (χ1) is 8.84. The molecule has 0 aromatic heterocycles. The van der Waals surface area contributed by atoms with E-state index in [1.807, 2.05) is 40.3 Å². The van der Waals surface area contributed by atoms with Crippen molar-refractivity contribution in [2.75, 3.05) is 3.93 Å². The number of nitrogens with zero attached hydrogens (tertiary/aromatic N) is 2. The minimum absolute atomic E-state index is 0.910. The number of hydrazone groups is 1. The average molecular weight is 319 g/mol. The standard InChI is InChI=1S/C14H12AsClN2/c16-15-11-14(12-7-3-1-4-8-12)17-18(15)13-9-5-2-6-10-13/h1-10H,11H2. The molecule has 1 aliphatic heterocycles. The summed E-state index contributed by atoms with van der Waals surface area (Å²) in [6, 6.07) is 20.4. The number of hydrogen-bond donors (Lipinski definition) is 0. The van der Waals surface area contributed by atoms with E-state index in [4.69, 9.17) is 15.1 Å². The van der Waals surface area contributed by atoms with Crippen LogP contribution in [0, 0.1) is 0 Å². The van der Waals surface area contributed by atoms with Gasteiger partial charge in [-0.2, -0.15) is 0 Å². The number of rotatable bonds is 2. The van der Waals surface area contributed by atoms with Crippen LogP contribution in [0.5, 0.6) is 0 Å². The molecule has 90 valence electrons. The molecule has 0 fully saturated rings. The molecule has 1 atom stereocenters. The molecule has 1 unspecified atom stereocenters. The van der Waals surface area contributed by atoms with Crippen LogP contribution in [0.2, 0.25) is 5.21 Å². The van der Waals surface area contributed by atoms with Crippen LogP contribution in [0.25, 0.3) is 0 Å². The van der Waals surface area contributed by atoms with E-state index in [1.54, 1.807) is 0 Å². The molecule has 18 heavy (non-hydrogen) atoms. The Labute approximate surface area is 116 Å². The first kappa shape index (κ1) is 11.8. The molecule has 0 saturated carbocycles. The van der Waals surface area contributed by atoms with Gasteiger partial charge in [0.2, 0.25) is 0 Å². The number of para-hydroxylation sites is 1. The summed E-state index contributed by atoms with van der Waals surface area (Å²) in [5.41, 5.74) is 3.38. The van der Waals surface area contributed by atoms with Gasteiger partial charge >= 0.3 is 116 Å². The van der Waals surface area contributed by atoms with E-state index >= 15 is 0 Å². The van der Waals surface area contributed by atoms with E-state index in [-0.39, 0.29) is 0 Å². The Bertz CT molecular complexity index is 557. The van der Waals surface area contributed by atoms with Gasteiger partial charge in [0.1, 0.15) is 0 Å². The third kappa shape index (κ3) is 2.31. The van der Waals surface area contributed by atoms with E-state index in [9.17, 15) is 0 Å². The monoisotopic (exact) mass is 318 g/mol. The van der Waals surface area contributed by atoms with Gasteiger partial charge in [0.25, 0.3) is 0 Å². The van der Waals surface area contributed by atoms with E-state index < -0.39 is 13.9 Å². The summed E-state index contributed by atoms with van der Waals surface area (Å²) in [6.07, 6.45) is 0. The van der Waals surface area contributed by atoms with Crippen LogP contribution in [0.4, 0.5) is 5.69 Å². The quantitative estimate of drug-likeness (QED) is 0.772. The second kappa shape index (κ2) is 5.17. The molecule has 1 heterocycles. The summed E-state index contributed by atoms with van der Waals surface area (Å²) < 4.78 is 2.02. The summed E-state index contributed by atoms with van der Waals surface area (Å²) >= 11 is -1.59. The summed E-state index contributed by atoms with van der Waals surface area (Å²) in [5.74, 6) is 0. The molecule has 0 aliphatic carbocycles. The summed E-state index contributed by atoms with van der Waals surface area (Å²) in [4.78, 5) is 0. The van der Waals surface area contributed by atoms with Crippen LogP contribution < -0.4 is 3.93 Å². The van der Waals surface area contributed by atoms with Gasteiger partial charge in [-0.15, -0.1) is 0 Å². The zero-order valence-electron chi connectivity index (χ0n) is 9.70. The number of anilines is 1. The van der Waals surface area contributed by atoms with Crippen molar-refractivity contribution in [3.8, 4) is 0 Å². The van der Waals surface area contributed by atoms with Crippen molar-refractivity contribution < 1.29 is 0 Å². The molecule has 2 aromatic carbocycles. The summed E-state index contributed by atoms with van der Waals surface area (Å²) in [6.45, 7) is 0. The van der Waals surface area contributed by atoms with Gasteiger partial charge in [-0.05, 0) is 0 Å². The minimum atomic E-state index is -1.59. The van der Waals surface area contributed by atoms with Crippen LogP contribution in [-0.4, -0.2) is 19.6 Å². The molecule has 0 radical (unpaired) electrons.